The predicted octanol–water partition coefficient (Wildman–Crippen LogP) is 3.51. The number of aromatic nitrogens is 3. The minimum Gasteiger partial charge on any atom is -0.493 e. The van der Waals surface area contributed by atoms with E-state index in [1.807, 2.05) is 22.9 Å². The maximum Gasteiger partial charge on any atom is 0.197 e. The summed E-state index contributed by atoms with van der Waals surface area (Å²) in [5.41, 5.74) is 2.53. The third-order valence-corrected chi connectivity index (χ3v) is 5.07. The Bertz CT molecular complexity index is 753. The van der Waals surface area contributed by atoms with E-state index in [-0.39, 0.29) is 0 Å². The van der Waals surface area contributed by atoms with E-state index in [1.165, 1.54) is 0 Å². The molecule has 0 amide bonds. The average molecular weight is 335 g/mol. The van der Waals surface area contributed by atoms with Gasteiger partial charge in [0.05, 0.1) is 34.4 Å². The molecule has 0 saturated carbocycles. The lowest BCUT2D eigenvalue weighted by Gasteiger charge is -2.06. The second-order valence-corrected chi connectivity index (χ2v) is 7.00. The van der Waals surface area contributed by atoms with E-state index in [9.17, 15) is 4.21 Å². The number of ether oxygens (including phenoxy) is 1. The third-order valence-electron chi connectivity index (χ3n) is 3.15. The number of aromatic amines is 1. The smallest absolute Gasteiger partial charge is 0.197 e. The summed E-state index contributed by atoms with van der Waals surface area (Å²) < 4.78 is 18.0. The maximum absolute atomic E-state index is 12.4. The van der Waals surface area contributed by atoms with Crippen LogP contribution in [0.2, 0.25) is 0 Å². The van der Waals surface area contributed by atoms with Gasteiger partial charge in [-0.2, -0.15) is 0 Å². The van der Waals surface area contributed by atoms with Gasteiger partial charge < -0.3 is 9.72 Å². The van der Waals surface area contributed by atoms with Gasteiger partial charge in [-0.25, -0.2) is 4.98 Å². The average Bonchev–Trinajstić information content (AvgIpc) is 3.09. The van der Waals surface area contributed by atoms with Gasteiger partial charge in [0.1, 0.15) is 11.3 Å². The fourth-order valence-electron chi connectivity index (χ4n) is 1.99. The van der Waals surface area contributed by atoms with Gasteiger partial charge in [-0.1, -0.05) is 13.3 Å². The summed E-state index contributed by atoms with van der Waals surface area (Å²) in [5, 5.41) is 4.40. The Labute approximate surface area is 135 Å². The quantitative estimate of drug-likeness (QED) is 0.671. The highest BCUT2D eigenvalue weighted by molar-refractivity contribution is 7.84. The molecule has 1 N–H and O–H groups in total. The minimum absolute atomic E-state index is 0.324. The highest BCUT2D eigenvalue weighted by Gasteiger charge is 2.12. The van der Waals surface area contributed by atoms with Crippen LogP contribution < -0.4 is 4.74 Å². The highest BCUT2D eigenvalue weighted by Crippen LogP contribution is 2.19. The molecule has 7 heteroatoms. The molecule has 3 rings (SSSR count). The van der Waals surface area contributed by atoms with Crippen LogP contribution in [0.4, 0.5) is 0 Å². The molecule has 0 saturated heterocycles. The number of hydrogen-bond donors (Lipinski definition) is 1. The van der Waals surface area contributed by atoms with Crippen molar-refractivity contribution in [3.05, 3.63) is 34.8 Å². The topological polar surface area (TPSA) is 67.9 Å². The largest absolute Gasteiger partial charge is 0.493 e. The lowest BCUT2D eigenvalue weighted by atomic mass is 10.3. The van der Waals surface area contributed by atoms with Gasteiger partial charge in [0.2, 0.25) is 0 Å². The molecule has 1 atom stereocenters. The standard InChI is InChI=1S/C15H17N3O2S2/c1-2-3-6-20-12-4-5-16-11(7-12)10-22(19)15-17-13-8-21-9-14(13)18-15/h4-5,7-9H,2-3,6,10H2,1H3,(H,17,18). The molecule has 3 aromatic rings. The van der Waals surface area contributed by atoms with Crippen molar-refractivity contribution in [2.24, 2.45) is 0 Å². The summed E-state index contributed by atoms with van der Waals surface area (Å²) in [6.07, 6.45) is 3.80. The Kier molecular flexibility index (Phi) is 4.84. The van der Waals surface area contributed by atoms with Gasteiger partial charge in [0.25, 0.3) is 0 Å². The van der Waals surface area contributed by atoms with Crippen molar-refractivity contribution in [2.45, 2.75) is 30.7 Å². The number of pyridine rings is 1. The van der Waals surface area contributed by atoms with Crippen LogP contribution in [0.5, 0.6) is 5.75 Å². The Morgan fingerprint density at radius 2 is 2.32 bits per heavy atom. The van der Waals surface area contributed by atoms with Crippen LogP contribution in [0.1, 0.15) is 25.5 Å². The normalized spacial score (nSPS) is 12.6. The maximum atomic E-state index is 12.4. The molecule has 0 bridgehead atoms. The van der Waals surface area contributed by atoms with Crippen molar-refractivity contribution >= 4 is 33.2 Å². The monoisotopic (exact) mass is 335 g/mol. The molecule has 0 aliphatic carbocycles. The first kappa shape index (κ1) is 15.2. The molecule has 5 nitrogen and oxygen atoms in total. The van der Waals surface area contributed by atoms with Gasteiger partial charge in [-0.15, -0.1) is 11.3 Å². The third kappa shape index (κ3) is 3.53. The van der Waals surface area contributed by atoms with E-state index in [0.717, 1.165) is 35.3 Å². The summed E-state index contributed by atoms with van der Waals surface area (Å²) in [5.74, 6) is 1.10. The number of nitrogens with zero attached hydrogens (tertiary/aromatic N) is 2. The molecule has 1 unspecified atom stereocenters. The van der Waals surface area contributed by atoms with E-state index in [4.69, 9.17) is 4.74 Å². The molecule has 0 aliphatic heterocycles. The molecule has 0 fully saturated rings. The lowest BCUT2D eigenvalue weighted by molar-refractivity contribution is 0.309. The lowest BCUT2D eigenvalue weighted by Crippen LogP contribution is -2.02. The van der Waals surface area contributed by atoms with Crippen molar-refractivity contribution in [3.63, 3.8) is 0 Å². The number of unbranched alkanes of at least 4 members (excludes halogenated alkanes) is 1. The van der Waals surface area contributed by atoms with E-state index >= 15 is 0 Å². The molecule has 0 aliphatic rings. The molecule has 0 aromatic carbocycles. The van der Waals surface area contributed by atoms with E-state index in [0.29, 0.717) is 17.5 Å². The molecule has 3 aromatic heterocycles. The van der Waals surface area contributed by atoms with Crippen molar-refractivity contribution in [3.8, 4) is 5.75 Å². The van der Waals surface area contributed by atoms with Gasteiger partial charge in [0.15, 0.2) is 5.16 Å². The van der Waals surface area contributed by atoms with Crippen LogP contribution in [0.15, 0.2) is 34.2 Å². The van der Waals surface area contributed by atoms with Gasteiger partial charge in [-0.3, -0.25) is 9.19 Å². The Balaban J connectivity index is 1.68. The summed E-state index contributed by atoms with van der Waals surface area (Å²) in [4.78, 5) is 11.7. The van der Waals surface area contributed by atoms with Crippen LogP contribution in [0.3, 0.4) is 0 Å². The van der Waals surface area contributed by atoms with Crippen LogP contribution in [0, 0.1) is 0 Å². The zero-order valence-corrected chi connectivity index (χ0v) is 13.9. The van der Waals surface area contributed by atoms with Crippen molar-refractivity contribution < 1.29 is 8.95 Å². The van der Waals surface area contributed by atoms with Crippen molar-refractivity contribution in [2.75, 3.05) is 6.61 Å². The first-order valence-electron chi connectivity index (χ1n) is 7.14. The molecule has 0 spiro atoms. The number of imidazole rings is 1. The number of thiophene rings is 1. The van der Waals surface area contributed by atoms with Gasteiger partial charge in [0, 0.05) is 23.0 Å². The van der Waals surface area contributed by atoms with Crippen molar-refractivity contribution in [1.29, 1.82) is 0 Å². The molecular formula is C15H17N3O2S2. The molecule has 116 valence electrons. The summed E-state index contributed by atoms with van der Waals surface area (Å²) in [6.45, 7) is 2.82. The zero-order chi connectivity index (χ0) is 15.4. The van der Waals surface area contributed by atoms with Crippen LogP contribution in [-0.2, 0) is 16.6 Å². The number of nitrogens with one attached hydrogen (secondary N) is 1. The molecular weight excluding hydrogens is 318 g/mol. The van der Waals surface area contributed by atoms with E-state index in [2.05, 4.69) is 21.9 Å². The SMILES string of the molecule is CCCCOc1ccnc(CS(=O)c2nc3cscc3[nH]2)c1. The Morgan fingerprint density at radius 1 is 1.41 bits per heavy atom. The van der Waals surface area contributed by atoms with Crippen molar-refractivity contribution in [1.82, 2.24) is 15.0 Å². The first-order valence-corrected chi connectivity index (χ1v) is 9.40. The fourth-order valence-corrected chi connectivity index (χ4v) is 3.67. The van der Waals surface area contributed by atoms with Crippen LogP contribution >= 0.6 is 11.3 Å². The summed E-state index contributed by atoms with van der Waals surface area (Å²) in [7, 11) is -1.24. The Morgan fingerprint density at radius 3 is 3.14 bits per heavy atom. The predicted molar refractivity (Wildman–Crippen MR) is 88.7 cm³/mol. The second-order valence-electron chi connectivity index (χ2n) is 4.89. The van der Waals surface area contributed by atoms with E-state index in [1.54, 1.807) is 17.5 Å². The highest BCUT2D eigenvalue weighted by atomic mass is 32.2. The first-order chi connectivity index (χ1) is 10.8. The number of rotatable bonds is 7. The van der Waals surface area contributed by atoms with Crippen LogP contribution in [0.25, 0.3) is 11.0 Å². The van der Waals surface area contributed by atoms with Gasteiger partial charge in [-0.05, 0) is 12.5 Å². The molecule has 3 heterocycles. The minimum atomic E-state index is -1.24. The second kappa shape index (κ2) is 7.02. The number of H-pyrrole nitrogens is 1. The van der Waals surface area contributed by atoms with Crippen LogP contribution in [-0.4, -0.2) is 25.8 Å². The zero-order valence-electron chi connectivity index (χ0n) is 12.2. The number of hydrogen-bond acceptors (Lipinski definition) is 5. The van der Waals surface area contributed by atoms with Gasteiger partial charge >= 0.3 is 0 Å². The number of fused-ring (bicyclic) bond motifs is 1. The molecule has 0 radical (unpaired) electrons. The molecule has 22 heavy (non-hydrogen) atoms. The fraction of sp³-hybridized carbons (Fsp3) is 0.333. The van der Waals surface area contributed by atoms with E-state index < -0.39 is 10.8 Å². The Hall–Kier alpha value is -1.73. The summed E-state index contributed by atoms with van der Waals surface area (Å²) >= 11 is 1.57. The summed E-state index contributed by atoms with van der Waals surface area (Å²) in [6, 6.07) is 3.67.